The normalized spacial score (nSPS) is 11.2. The molecule has 5 rings (SSSR count). The summed E-state index contributed by atoms with van der Waals surface area (Å²) in [6, 6.07) is 16.8. The van der Waals surface area contributed by atoms with Gasteiger partial charge < -0.3 is 4.98 Å². The minimum atomic E-state index is -0.911. The molecule has 0 radical (unpaired) electrons. The third-order valence-electron chi connectivity index (χ3n) is 4.64. The summed E-state index contributed by atoms with van der Waals surface area (Å²) in [5.41, 5.74) is 2.47. The number of aromatic nitrogens is 4. The number of halogens is 2. The van der Waals surface area contributed by atoms with E-state index in [0.717, 1.165) is 17.1 Å². The maximum Gasteiger partial charge on any atom is 0.244 e. The van der Waals surface area contributed by atoms with Crippen LogP contribution in [0, 0.1) is 5.82 Å². The molecule has 0 atom stereocenters. The Morgan fingerprint density at radius 1 is 0.897 bits per heavy atom. The zero-order chi connectivity index (χ0) is 20.0. The zero-order valence-corrected chi connectivity index (χ0v) is 15.6. The van der Waals surface area contributed by atoms with Gasteiger partial charge in [0.05, 0.1) is 21.9 Å². The van der Waals surface area contributed by atoms with Gasteiger partial charge in [-0.25, -0.2) is 14.4 Å². The zero-order valence-electron chi connectivity index (χ0n) is 14.9. The molecule has 3 aromatic heterocycles. The van der Waals surface area contributed by atoms with Gasteiger partial charge in [-0.15, -0.1) is 0 Å². The number of aromatic amines is 1. The highest BCUT2D eigenvalue weighted by molar-refractivity contribution is 6.35. The van der Waals surface area contributed by atoms with Gasteiger partial charge in [-0.3, -0.25) is 9.78 Å². The van der Waals surface area contributed by atoms with Crippen molar-refractivity contribution in [2.24, 2.45) is 0 Å². The Hall–Kier alpha value is -3.64. The molecule has 2 aromatic carbocycles. The highest BCUT2D eigenvalue weighted by atomic mass is 35.5. The third-order valence-corrected chi connectivity index (χ3v) is 4.93. The van der Waals surface area contributed by atoms with Crippen LogP contribution < -0.4 is 5.43 Å². The van der Waals surface area contributed by atoms with Crippen molar-refractivity contribution < 1.29 is 4.39 Å². The number of fused-ring (bicyclic) bond motifs is 2. The molecule has 0 spiro atoms. The first-order valence-corrected chi connectivity index (χ1v) is 9.18. The van der Waals surface area contributed by atoms with Gasteiger partial charge in [-0.1, -0.05) is 48.0 Å². The van der Waals surface area contributed by atoms with Gasteiger partial charge in [-0.05, 0) is 18.2 Å². The van der Waals surface area contributed by atoms with Crippen LogP contribution in [0.15, 0.2) is 71.8 Å². The smallest absolute Gasteiger partial charge is 0.244 e. The second-order valence-corrected chi connectivity index (χ2v) is 6.89. The molecular formula is C22H12ClFN4O. The van der Waals surface area contributed by atoms with Crippen molar-refractivity contribution in [3.05, 3.63) is 88.1 Å². The van der Waals surface area contributed by atoms with Gasteiger partial charge in [0, 0.05) is 28.9 Å². The lowest BCUT2D eigenvalue weighted by Crippen LogP contribution is -2.11. The molecule has 3 heterocycles. The van der Waals surface area contributed by atoms with Crippen LogP contribution in [0.3, 0.4) is 0 Å². The fourth-order valence-electron chi connectivity index (χ4n) is 3.29. The summed E-state index contributed by atoms with van der Waals surface area (Å²) in [5.74, 6) is -0.911. The van der Waals surface area contributed by atoms with Crippen LogP contribution in [0.25, 0.3) is 44.6 Å². The summed E-state index contributed by atoms with van der Waals surface area (Å²) < 4.78 is 13.8. The van der Waals surface area contributed by atoms with Crippen molar-refractivity contribution in [3.8, 4) is 22.5 Å². The molecule has 5 aromatic rings. The molecule has 0 aliphatic carbocycles. The van der Waals surface area contributed by atoms with Crippen LogP contribution in [0.4, 0.5) is 4.39 Å². The van der Waals surface area contributed by atoms with Crippen molar-refractivity contribution in [2.45, 2.75) is 0 Å². The standard InChI is InChI=1S/C22H12ClFN4O/c23-15-10-14(9-13-7-4-8-25-17(13)15)19-18(12-5-2-1-3-6-12)28-22-20(27-19)21(29)16(24)11-26-22/h1-11H,(H,26,28,29). The van der Waals surface area contributed by atoms with E-state index in [-0.39, 0.29) is 11.2 Å². The molecular weight excluding hydrogens is 391 g/mol. The van der Waals surface area contributed by atoms with Crippen molar-refractivity contribution in [3.63, 3.8) is 0 Å². The second-order valence-electron chi connectivity index (χ2n) is 6.48. The van der Waals surface area contributed by atoms with E-state index in [1.54, 1.807) is 12.3 Å². The van der Waals surface area contributed by atoms with Gasteiger partial charge in [0.1, 0.15) is 0 Å². The number of hydrogen-bond donors (Lipinski definition) is 1. The largest absolute Gasteiger partial charge is 0.342 e. The fourth-order valence-corrected chi connectivity index (χ4v) is 3.56. The molecule has 0 aliphatic rings. The van der Waals surface area contributed by atoms with Gasteiger partial charge in [0.15, 0.2) is 17.0 Å². The highest BCUT2D eigenvalue weighted by Crippen LogP contribution is 2.34. The first-order chi connectivity index (χ1) is 14.1. The molecule has 7 heteroatoms. The molecule has 0 saturated carbocycles. The lowest BCUT2D eigenvalue weighted by molar-refractivity contribution is 0.614. The van der Waals surface area contributed by atoms with E-state index in [1.807, 2.05) is 48.5 Å². The van der Waals surface area contributed by atoms with Crippen molar-refractivity contribution in [1.29, 1.82) is 0 Å². The maximum atomic E-state index is 13.8. The average Bonchev–Trinajstić information content (AvgIpc) is 2.76. The number of hydrogen-bond acceptors (Lipinski definition) is 4. The molecule has 0 amide bonds. The number of nitrogens with one attached hydrogen (secondary N) is 1. The molecule has 0 saturated heterocycles. The quantitative estimate of drug-likeness (QED) is 0.451. The second kappa shape index (κ2) is 6.76. The van der Waals surface area contributed by atoms with Crippen LogP contribution >= 0.6 is 11.6 Å². The molecule has 0 bridgehead atoms. The van der Waals surface area contributed by atoms with Crippen molar-refractivity contribution in [1.82, 2.24) is 19.9 Å². The number of H-pyrrole nitrogens is 1. The van der Waals surface area contributed by atoms with E-state index < -0.39 is 11.2 Å². The molecule has 0 fully saturated rings. The molecule has 0 unspecified atom stereocenters. The van der Waals surface area contributed by atoms with Gasteiger partial charge in [0.2, 0.25) is 5.43 Å². The van der Waals surface area contributed by atoms with Crippen LogP contribution in [0.1, 0.15) is 0 Å². The summed E-state index contributed by atoms with van der Waals surface area (Å²) in [6.07, 6.45) is 2.66. The Kier molecular flexibility index (Phi) is 4.07. The lowest BCUT2D eigenvalue weighted by Gasteiger charge is -2.11. The molecule has 5 nitrogen and oxygen atoms in total. The lowest BCUT2D eigenvalue weighted by atomic mass is 10.0. The summed E-state index contributed by atoms with van der Waals surface area (Å²) in [4.78, 5) is 28.4. The number of rotatable bonds is 2. The van der Waals surface area contributed by atoms with E-state index >= 15 is 0 Å². The minimum Gasteiger partial charge on any atom is -0.342 e. The highest BCUT2D eigenvalue weighted by Gasteiger charge is 2.17. The SMILES string of the molecule is O=c1c(F)c[nH]c2nc(-c3ccccc3)c(-c3cc(Cl)c4ncccc4c3)nc12. The molecule has 1 N–H and O–H groups in total. The minimum absolute atomic E-state index is 0.0675. The van der Waals surface area contributed by atoms with Gasteiger partial charge >= 0.3 is 0 Å². The molecule has 29 heavy (non-hydrogen) atoms. The van der Waals surface area contributed by atoms with Crippen molar-refractivity contribution >= 4 is 33.7 Å². The third kappa shape index (κ3) is 2.94. The Bertz CT molecular complexity index is 1450. The predicted molar refractivity (Wildman–Crippen MR) is 111 cm³/mol. The Morgan fingerprint density at radius 3 is 2.52 bits per heavy atom. The van der Waals surface area contributed by atoms with Crippen LogP contribution in [-0.4, -0.2) is 19.9 Å². The van der Waals surface area contributed by atoms with E-state index in [0.29, 0.717) is 27.5 Å². The van der Waals surface area contributed by atoms with E-state index in [9.17, 15) is 9.18 Å². The first kappa shape index (κ1) is 17.5. The number of nitrogens with zero attached hydrogens (tertiary/aromatic N) is 3. The summed E-state index contributed by atoms with van der Waals surface area (Å²) >= 11 is 6.45. The maximum absolute atomic E-state index is 13.8. The summed E-state index contributed by atoms with van der Waals surface area (Å²) in [6.45, 7) is 0. The predicted octanol–water partition coefficient (Wildman–Crippen LogP) is 4.99. The van der Waals surface area contributed by atoms with E-state index in [4.69, 9.17) is 11.6 Å². The summed E-state index contributed by atoms with van der Waals surface area (Å²) in [7, 11) is 0. The number of pyridine rings is 2. The number of benzene rings is 2. The average molecular weight is 403 g/mol. The van der Waals surface area contributed by atoms with E-state index in [2.05, 4.69) is 19.9 Å². The Morgan fingerprint density at radius 2 is 1.69 bits per heavy atom. The van der Waals surface area contributed by atoms with E-state index in [1.165, 1.54) is 0 Å². The Labute approximate surface area is 168 Å². The van der Waals surface area contributed by atoms with Crippen LogP contribution in [-0.2, 0) is 0 Å². The fraction of sp³-hybridized carbons (Fsp3) is 0. The van der Waals surface area contributed by atoms with Gasteiger partial charge in [0.25, 0.3) is 0 Å². The van der Waals surface area contributed by atoms with Crippen LogP contribution in [0.2, 0.25) is 5.02 Å². The van der Waals surface area contributed by atoms with Gasteiger partial charge in [-0.2, -0.15) is 0 Å². The monoisotopic (exact) mass is 402 g/mol. The van der Waals surface area contributed by atoms with Crippen LogP contribution in [0.5, 0.6) is 0 Å². The van der Waals surface area contributed by atoms with Crippen molar-refractivity contribution in [2.75, 3.05) is 0 Å². The topological polar surface area (TPSA) is 71.5 Å². The first-order valence-electron chi connectivity index (χ1n) is 8.81. The summed E-state index contributed by atoms with van der Waals surface area (Å²) in [5, 5.41) is 1.27. The molecule has 0 aliphatic heterocycles. The molecule has 140 valence electrons. The Balaban J connectivity index is 1.88.